The van der Waals surface area contributed by atoms with Crippen LogP contribution in [0.5, 0.6) is 0 Å². The molecule has 0 aliphatic heterocycles. The Hall–Kier alpha value is -1.10. The Balaban J connectivity index is 4.54. The van der Waals surface area contributed by atoms with Crippen LogP contribution in [0, 0.1) is 11.3 Å². The number of hydrogen-bond donors (Lipinski definition) is 3. The van der Waals surface area contributed by atoms with E-state index in [9.17, 15) is 9.59 Å². The summed E-state index contributed by atoms with van der Waals surface area (Å²) in [5.41, 5.74) is 5.68. The fourth-order valence-electron chi connectivity index (χ4n) is 2.13. The van der Waals surface area contributed by atoms with Crippen LogP contribution in [0.2, 0.25) is 0 Å². The third-order valence-corrected chi connectivity index (χ3v) is 2.92. The molecule has 19 heavy (non-hydrogen) atoms. The van der Waals surface area contributed by atoms with E-state index < -0.39 is 5.97 Å². The Morgan fingerprint density at radius 1 is 1.32 bits per heavy atom. The Morgan fingerprint density at radius 3 is 2.26 bits per heavy atom. The first kappa shape index (κ1) is 17.9. The minimum Gasteiger partial charge on any atom is -0.481 e. The van der Waals surface area contributed by atoms with Gasteiger partial charge in [-0.05, 0) is 18.3 Å². The zero-order valence-electron chi connectivity index (χ0n) is 12.5. The maximum atomic E-state index is 12.1. The molecule has 2 atom stereocenters. The highest BCUT2D eigenvalue weighted by Gasteiger charge is 2.25. The molecule has 0 saturated heterocycles. The third kappa shape index (κ3) is 8.59. The summed E-state index contributed by atoms with van der Waals surface area (Å²) < 4.78 is 0. The summed E-state index contributed by atoms with van der Waals surface area (Å²) in [5.74, 6) is -1.27. The van der Waals surface area contributed by atoms with Gasteiger partial charge in [0.1, 0.15) is 0 Å². The molecular formula is C14H28N2O3. The van der Waals surface area contributed by atoms with Crippen molar-refractivity contribution in [3.63, 3.8) is 0 Å². The van der Waals surface area contributed by atoms with Gasteiger partial charge < -0.3 is 16.2 Å². The van der Waals surface area contributed by atoms with Gasteiger partial charge in [-0.25, -0.2) is 0 Å². The average molecular weight is 272 g/mol. The third-order valence-electron chi connectivity index (χ3n) is 2.92. The molecule has 0 heterocycles. The molecule has 0 aromatic heterocycles. The van der Waals surface area contributed by atoms with E-state index in [1.807, 2.05) is 6.92 Å². The molecule has 0 saturated carbocycles. The van der Waals surface area contributed by atoms with Crippen LogP contribution in [0.3, 0.4) is 0 Å². The molecule has 5 heteroatoms. The minimum absolute atomic E-state index is 0.0222. The fraction of sp³-hybridized carbons (Fsp3) is 0.857. The lowest BCUT2D eigenvalue weighted by Gasteiger charge is -2.26. The van der Waals surface area contributed by atoms with Crippen LogP contribution >= 0.6 is 0 Å². The number of aliphatic carboxylic acids is 1. The smallest absolute Gasteiger partial charge is 0.305 e. The lowest BCUT2D eigenvalue weighted by Crippen LogP contribution is -2.43. The van der Waals surface area contributed by atoms with Crippen LogP contribution in [0.4, 0.5) is 0 Å². The number of carbonyl (C=O) groups excluding carboxylic acids is 1. The highest BCUT2D eigenvalue weighted by molar-refractivity contribution is 5.80. The number of carboxylic acids is 1. The maximum absolute atomic E-state index is 12.1. The number of nitrogens with one attached hydrogen (secondary N) is 1. The summed E-state index contributed by atoms with van der Waals surface area (Å²) in [6, 6.07) is -0.302. The second kappa shape index (κ2) is 8.15. The Bertz CT molecular complexity index is 298. The van der Waals surface area contributed by atoms with E-state index in [-0.39, 0.29) is 36.2 Å². The van der Waals surface area contributed by atoms with Crippen molar-refractivity contribution in [1.82, 2.24) is 5.32 Å². The molecule has 112 valence electrons. The predicted octanol–water partition coefficient (Wildman–Crippen LogP) is 1.76. The molecule has 1 amide bonds. The molecule has 0 aromatic carbocycles. The van der Waals surface area contributed by atoms with E-state index in [1.165, 1.54) is 0 Å². The monoisotopic (exact) mass is 272 g/mol. The molecule has 0 rings (SSSR count). The van der Waals surface area contributed by atoms with Crippen LogP contribution < -0.4 is 11.1 Å². The predicted molar refractivity (Wildman–Crippen MR) is 75.7 cm³/mol. The van der Waals surface area contributed by atoms with Crippen molar-refractivity contribution < 1.29 is 14.7 Å². The number of amides is 1. The summed E-state index contributed by atoms with van der Waals surface area (Å²) in [4.78, 5) is 22.9. The normalized spacial score (nSPS) is 14.8. The molecule has 0 aromatic rings. The number of carboxylic acid groups (broad SMARTS) is 1. The molecule has 0 aliphatic rings. The molecule has 2 unspecified atom stereocenters. The van der Waals surface area contributed by atoms with Crippen LogP contribution in [0.15, 0.2) is 0 Å². The van der Waals surface area contributed by atoms with Gasteiger partial charge in [0.2, 0.25) is 5.91 Å². The fourth-order valence-corrected chi connectivity index (χ4v) is 2.13. The first-order valence-corrected chi connectivity index (χ1v) is 6.91. The lowest BCUT2D eigenvalue weighted by molar-refractivity contribution is -0.138. The lowest BCUT2D eigenvalue weighted by atomic mass is 9.84. The molecule has 0 bridgehead atoms. The molecule has 0 spiro atoms. The summed E-state index contributed by atoms with van der Waals surface area (Å²) in [6.45, 7) is 8.43. The SMILES string of the molecule is CCCC(CC(=O)O)NC(=O)C(CN)CC(C)(C)C. The van der Waals surface area contributed by atoms with Crippen LogP contribution in [0.1, 0.15) is 53.4 Å². The molecule has 5 nitrogen and oxygen atoms in total. The Labute approximate surface area is 115 Å². The van der Waals surface area contributed by atoms with E-state index in [2.05, 4.69) is 26.1 Å². The highest BCUT2D eigenvalue weighted by atomic mass is 16.4. The van der Waals surface area contributed by atoms with Crippen molar-refractivity contribution in [2.45, 2.75) is 59.4 Å². The van der Waals surface area contributed by atoms with E-state index in [1.54, 1.807) is 0 Å². The first-order chi connectivity index (χ1) is 8.69. The van der Waals surface area contributed by atoms with Gasteiger partial charge in [0.05, 0.1) is 12.3 Å². The van der Waals surface area contributed by atoms with E-state index >= 15 is 0 Å². The van der Waals surface area contributed by atoms with Gasteiger partial charge in [0.15, 0.2) is 0 Å². The number of hydrogen-bond acceptors (Lipinski definition) is 3. The maximum Gasteiger partial charge on any atom is 0.305 e. The Morgan fingerprint density at radius 2 is 1.89 bits per heavy atom. The van der Waals surface area contributed by atoms with Gasteiger partial charge in [-0.2, -0.15) is 0 Å². The quantitative estimate of drug-likeness (QED) is 0.627. The van der Waals surface area contributed by atoms with Crippen LogP contribution in [-0.4, -0.2) is 29.6 Å². The van der Waals surface area contributed by atoms with Gasteiger partial charge in [0.25, 0.3) is 0 Å². The second-order valence-electron chi connectivity index (χ2n) is 6.29. The topological polar surface area (TPSA) is 92.4 Å². The van der Waals surface area contributed by atoms with Crippen molar-refractivity contribution in [1.29, 1.82) is 0 Å². The van der Waals surface area contributed by atoms with Crippen LogP contribution in [-0.2, 0) is 9.59 Å². The van der Waals surface area contributed by atoms with Gasteiger partial charge in [-0.1, -0.05) is 34.1 Å². The zero-order chi connectivity index (χ0) is 15.1. The first-order valence-electron chi connectivity index (χ1n) is 6.91. The van der Waals surface area contributed by atoms with Crippen molar-refractivity contribution in [3.8, 4) is 0 Å². The Kier molecular flexibility index (Phi) is 7.68. The van der Waals surface area contributed by atoms with Crippen LogP contribution in [0.25, 0.3) is 0 Å². The molecule has 0 fully saturated rings. The number of carbonyl (C=O) groups is 2. The summed E-state index contributed by atoms with van der Waals surface area (Å²) in [5, 5.41) is 11.7. The average Bonchev–Trinajstić information content (AvgIpc) is 2.23. The van der Waals surface area contributed by atoms with Crippen molar-refractivity contribution >= 4 is 11.9 Å². The van der Waals surface area contributed by atoms with E-state index in [0.717, 1.165) is 6.42 Å². The minimum atomic E-state index is -0.890. The van der Waals surface area contributed by atoms with Crippen molar-refractivity contribution in [2.24, 2.45) is 17.1 Å². The van der Waals surface area contributed by atoms with Crippen molar-refractivity contribution in [2.75, 3.05) is 6.54 Å². The molecular weight excluding hydrogens is 244 g/mol. The number of rotatable bonds is 8. The second-order valence-corrected chi connectivity index (χ2v) is 6.29. The van der Waals surface area contributed by atoms with Gasteiger partial charge >= 0.3 is 5.97 Å². The van der Waals surface area contributed by atoms with Gasteiger partial charge in [0, 0.05) is 12.6 Å². The van der Waals surface area contributed by atoms with E-state index in [0.29, 0.717) is 12.8 Å². The highest BCUT2D eigenvalue weighted by Crippen LogP contribution is 2.24. The van der Waals surface area contributed by atoms with E-state index in [4.69, 9.17) is 10.8 Å². The van der Waals surface area contributed by atoms with Gasteiger partial charge in [-0.3, -0.25) is 9.59 Å². The summed E-state index contributed by atoms with van der Waals surface area (Å²) in [6.07, 6.45) is 2.17. The van der Waals surface area contributed by atoms with Crippen molar-refractivity contribution in [3.05, 3.63) is 0 Å². The molecule has 0 radical (unpaired) electrons. The largest absolute Gasteiger partial charge is 0.481 e. The standard InChI is InChI=1S/C14H28N2O3/c1-5-6-11(7-12(17)18)16-13(19)10(9-15)8-14(2,3)4/h10-11H,5-9,15H2,1-4H3,(H,16,19)(H,17,18). The zero-order valence-corrected chi connectivity index (χ0v) is 12.5. The summed E-state index contributed by atoms with van der Waals surface area (Å²) in [7, 11) is 0. The number of nitrogens with two attached hydrogens (primary N) is 1. The van der Waals surface area contributed by atoms with Gasteiger partial charge in [-0.15, -0.1) is 0 Å². The molecule has 4 N–H and O–H groups in total. The summed E-state index contributed by atoms with van der Waals surface area (Å²) >= 11 is 0. The molecule has 0 aliphatic carbocycles.